The van der Waals surface area contributed by atoms with Crippen molar-refractivity contribution in [3.63, 3.8) is 0 Å². The van der Waals surface area contributed by atoms with Crippen LogP contribution >= 0.6 is 12.6 Å². The van der Waals surface area contributed by atoms with Crippen molar-refractivity contribution in [2.45, 2.75) is 6.92 Å². The Hall–Kier alpha value is 0.0500. The molecule has 2 heteroatoms. The fourth-order valence-corrected chi connectivity index (χ4v) is 0.644. The molecular formula is C7H15NS. The molecule has 54 valence electrons. The zero-order valence-corrected chi connectivity index (χ0v) is 7.12. The highest BCUT2D eigenvalue weighted by molar-refractivity contribution is 7.80. The van der Waals surface area contributed by atoms with Gasteiger partial charge in [-0.2, -0.15) is 12.6 Å². The zero-order chi connectivity index (χ0) is 7.28. The van der Waals surface area contributed by atoms with Crippen molar-refractivity contribution >= 4 is 12.6 Å². The molecule has 0 heterocycles. The van der Waals surface area contributed by atoms with Crippen molar-refractivity contribution < 1.29 is 0 Å². The van der Waals surface area contributed by atoms with Gasteiger partial charge in [-0.05, 0) is 13.6 Å². The van der Waals surface area contributed by atoms with E-state index in [9.17, 15) is 0 Å². The lowest BCUT2D eigenvalue weighted by Crippen LogP contribution is -2.20. The lowest BCUT2D eigenvalue weighted by Gasteiger charge is -2.13. The molecule has 0 aromatic carbocycles. The zero-order valence-electron chi connectivity index (χ0n) is 6.22. The van der Waals surface area contributed by atoms with Crippen LogP contribution in [-0.4, -0.2) is 30.8 Å². The molecule has 0 bridgehead atoms. The Morgan fingerprint density at radius 1 is 1.67 bits per heavy atom. The fourth-order valence-electron chi connectivity index (χ4n) is 0.544. The van der Waals surface area contributed by atoms with E-state index in [1.807, 2.05) is 0 Å². The minimum absolute atomic E-state index is 0.796. The Bertz CT molecular complexity index is 90.9. The van der Waals surface area contributed by atoms with E-state index >= 15 is 0 Å². The monoisotopic (exact) mass is 145 g/mol. The largest absolute Gasteiger partial charge is 0.303 e. The van der Waals surface area contributed by atoms with Gasteiger partial charge < -0.3 is 4.90 Å². The smallest absolute Gasteiger partial charge is 0.0195 e. The third-order valence-corrected chi connectivity index (χ3v) is 1.70. The summed E-state index contributed by atoms with van der Waals surface area (Å²) in [4.78, 5) is 2.21. The number of rotatable bonds is 4. The molecule has 0 N–H and O–H groups in total. The molecule has 0 unspecified atom stereocenters. The van der Waals surface area contributed by atoms with Gasteiger partial charge in [0.05, 0.1) is 0 Å². The van der Waals surface area contributed by atoms with Crippen LogP contribution in [0.25, 0.3) is 0 Å². The second-order valence-corrected chi connectivity index (χ2v) is 2.55. The van der Waals surface area contributed by atoms with Gasteiger partial charge in [-0.25, -0.2) is 0 Å². The number of thiol groups is 1. The average molecular weight is 145 g/mol. The van der Waals surface area contributed by atoms with Crippen LogP contribution in [0.3, 0.4) is 0 Å². The first-order valence-electron chi connectivity index (χ1n) is 3.16. The summed E-state index contributed by atoms with van der Waals surface area (Å²) in [6.45, 7) is 8.02. The van der Waals surface area contributed by atoms with Crippen molar-refractivity contribution in [1.29, 1.82) is 0 Å². The van der Waals surface area contributed by atoms with Gasteiger partial charge in [-0.15, -0.1) is 0 Å². The normalized spacial score (nSPS) is 10.2. The van der Waals surface area contributed by atoms with E-state index in [1.54, 1.807) is 0 Å². The van der Waals surface area contributed by atoms with E-state index in [0.29, 0.717) is 0 Å². The third-order valence-electron chi connectivity index (χ3n) is 1.26. The van der Waals surface area contributed by atoms with Gasteiger partial charge in [0, 0.05) is 12.3 Å². The lowest BCUT2D eigenvalue weighted by atomic mass is 10.3. The Balaban J connectivity index is 3.34. The molecule has 0 aliphatic rings. The molecule has 1 nitrogen and oxygen atoms in total. The van der Waals surface area contributed by atoms with Crippen LogP contribution in [-0.2, 0) is 0 Å². The summed E-state index contributed by atoms with van der Waals surface area (Å²) in [5.74, 6) is 0.796. The Morgan fingerprint density at radius 3 is 2.56 bits per heavy atom. The summed E-state index contributed by atoms with van der Waals surface area (Å²) in [5.41, 5.74) is 1.18. The van der Waals surface area contributed by atoms with E-state index < -0.39 is 0 Å². The predicted octanol–water partition coefficient (Wildman–Crippen LogP) is 1.42. The molecule has 0 fully saturated rings. The van der Waals surface area contributed by atoms with Crippen LogP contribution in [0, 0.1) is 0 Å². The predicted molar refractivity (Wildman–Crippen MR) is 46.2 cm³/mol. The van der Waals surface area contributed by atoms with Crippen molar-refractivity contribution in [2.75, 3.05) is 25.9 Å². The maximum Gasteiger partial charge on any atom is 0.0195 e. The first kappa shape index (κ1) is 9.05. The van der Waals surface area contributed by atoms with Crippen LogP contribution in [0.4, 0.5) is 0 Å². The highest BCUT2D eigenvalue weighted by Crippen LogP contribution is 1.95. The first-order chi connectivity index (χ1) is 4.20. The molecule has 0 aliphatic heterocycles. The van der Waals surface area contributed by atoms with Gasteiger partial charge in [-0.1, -0.05) is 19.1 Å². The maximum atomic E-state index is 4.10. The quantitative estimate of drug-likeness (QED) is 0.462. The van der Waals surface area contributed by atoms with Crippen LogP contribution in [0.5, 0.6) is 0 Å². The van der Waals surface area contributed by atoms with Crippen molar-refractivity contribution in [3.05, 3.63) is 12.2 Å². The van der Waals surface area contributed by atoms with Crippen LogP contribution in [0.1, 0.15) is 6.92 Å². The summed E-state index contributed by atoms with van der Waals surface area (Å²) < 4.78 is 0. The molecule has 0 atom stereocenters. The lowest BCUT2D eigenvalue weighted by molar-refractivity contribution is 0.384. The summed E-state index contributed by atoms with van der Waals surface area (Å²) in [5, 5.41) is 0. The Morgan fingerprint density at radius 2 is 2.22 bits per heavy atom. The van der Waals surface area contributed by atoms with Crippen molar-refractivity contribution in [2.24, 2.45) is 0 Å². The Kier molecular flexibility index (Phi) is 4.91. The topological polar surface area (TPSA) is 3.24 Å². The molecule has 0 aliphatic carbocycles. The molecule has 9 heavy (non-hydrogen) atoms. The summed E-state index contributed by atoms with van der Waals surface area (Å²) in [6, 6.07) is 0. The maximum absolute atomic E-state index is 4.10. The SMILES string of the molecule is C=C(CS)CN(C)CC. The van der Waals surface area contributed by atoms with E-state index in [1.165, 1.54) is 5.57 Å². The van der Waals surface area contributed by atoms with Crippen LogP contribution in [0.2, 0.25) is 0 Å². The highest BCUT2D eigenvalue weighted by atomic mass is 32.1. The molecule has 0 amide bonds. The molecule has 0 aromatic heterocycles. The number of hydrogen-bond acceptors (Lipinski definition) is 2. The molecule has 0 rings (SSSR count). The van der Waals surface area contributed by atoms with Gasteiger partial charge in [0.2, 0.25) is 0 Å². The second kappa shape index (κ2) is 4.89. The highest BCUT2D eigenvalue weighted by Gasteiger charge is 1.94. The van der Waals surface area contributed by atoms with Crippen LogP contribution in [0.15, 0.2) is 12.2 Å². The molecule has 0 saturated carbocycles. The van der Waals surface area contributed by atoms with Crippen molar-refractivity contribution in [1.82, 2.24) is 4.90 Å². The molecule has 0 radical (unpaired) electrons. The van der Waals surface area contributed by atoms with Gasteiger partial charge in [-0.3, -0.25) is 0 Å². The molecule has 0 spiro atoms. The number of likely N-dealkylation sites (N-methyl/N-ethyl adjacent to an activating group) is 1. The van der Waals surface area contributed by atoms with Gasteiger partial charge in [0.1, 0.15) is 0 Å². The van der Waals surface area contributed by atoms with E-state index in [2.05, 4.69) is 38.1 Å². The van der Waals surface area contributed by atoms with Gasteiger partial charge in [0.25, 0.3) is 0 Å². The third kappa shape index (κ3) is 4.55. The van der Waals surface area contributed by atoms with E-state index in [0.717, 1.165) is 18.8 Å². The van der Waals surface area contributed by atoms with E-state index in [4.69, 9.17) is 0 Å². The second-order valence-electron chi connectivity index (χ2n) is 2.24. The average Bonchev–Trinajstić information content (AvgIpc) is 1.87. The van der Waals surface area contributed by atoms with Crippen molar-refractivity contribution in [3.8, 4) is 0 Å². The summed E-state index contributed by atoms with van der Waals surface area (Å²) >= 11 is 4.10. The fraction of sp³-hybridized carbons (Fsp3) is 0.714. The minimum Gasteiger partial charge on any atom is -0.303 e. The molecule has 0 aromatic rings. The summed E-state index contributed by atoms with van der Waals surface area (Å²) in [6.07, 6.45) is 0. The number of nitrogens with zero attached hydrogens (tertiary/aromatic N) is 1. The molecule has 0 saturated heterocycles. The summed E-state index contributed by atoms with van der Waals surface area (Å²) in [7, 11) is 2.08. The van der Waals surface area contributed by atoms with Crippen LogP contribution < -0.4 is 0 Å². The molecular weight excluding hydrogens is 130 g/mol. The first-order valence-corrected chi connectivity index (χ1v) is 3.80. The van der Waals surface area contributed by atoms with E-state index in [-0.39, 0.29) is 0 Å². The standard InChI is InChI=1S/C7H15NS/c1-4-8(3)5-7(2)6-9/h9H,2,4-6H2,1,3H3. The minimum atomic E-state index is 0.796. The van der Waals surface area contributed by atoms with Gasteiger partial charge in [0.15, 0.2) is 0 Å². The number of hydrogen-bond donors (Lipinski definition) is 1. The Labute approximate surface area is 63.2 Å². The van der Waals surface area contributed by atoms with Gasteiger partial charge >= 0.3 is 0 Å².